The van der Waals surface area contributed by atoms with Gasteiger partial charge >= 0.3 is 17.9 Å². The molecule has 0 aliphatic carbocycles. The second-order valence-electron chi connectivity index (χ2n) is 15.1. The molecule has 0 aliphatic rings. The van der Waals surface area contributed by atoms with E-state index < -0.39 is 6.10 Å². The first-order chi connectivity index (χ1) is 30.0. The van der Waals surface area contributed by atoms with Crippen LogP contribution in [0, 0.1) is 0 Å². The maximum atomic E-state index is 12.7. The molecule has 0 radical (unpaired) electrons. The lowest BCUT2D eigenvalue weighted by molar-refractivity contribution is -0.167. The van der Waals surface area contributed by atoms with Crippen molar-refractivity contribution in [1.82, 2.24) is 0 Å². The van der Waals surface area contributed by atoms with Crippen molar-refractivity contribution in [2.75, 3.05) is 13.2 Å². The number of ether oxygens (including phenoxy) is 3. The van der Waals surface area contributed by atoms with Gasteiger partial charge in [-0.05, 0) is 96.3 Å². The third-order valence-electron chi connectivity index (χ3n) is 9.31. The minimum atomic E-state index is -0.824. The van der Waals surface area contributed by atoms with Gasteiger partial charge in [0, 0.05) is 19.3 Å². The fraction of sp³-hybridized carbons (Fsp3) is 0.545. The zero-order chi connectivity index (χ0) is 44.4. The van der Waals surface area contributed by atoms with Crippen molar-refractivity contribution >= 4 is 17.9 Å². The first-order valence-electron chi connectivity index (χ1n) is 23.8. The molecule has 1 atom stereocenters. The van der Waals surface area contributed by atoms with Gasteiger partial charge in [0.1, 0.15) is 13.2 Å². The van der Waals surface area contributed by atoms with Gasteiger partial charge in [0.15, 0.2) is 6.10 Å². The smallest absolute Gasteiger partial charge is 0.306 e. The van der Waals surface area contributed by atoms with Crippen molar-refractivity contribution in [3.63, 3.8) is 0 Å². The predicted octanol–water partition coefficient (Wildman–Crippen LogP) is 15.5. The Labute approximate surface area is 373 Å². The van der Waals surface area contributed by atoms with Crippen molar-refractivity contribution in [2.45, 2.75) is 181 Å². The van der Waals surface area contributed by atoms with Crippen molar-refractivity contribution < 1.29 is 28.6 Å². The fourth-order valence-corrected chi connectivity index (χ4v) is 5.78. The molecular formula is C55H84O6. The van der Waals surface area contributed by atoms with Crippen LogP contribution >= 0.6 is 0 Å². The van der Waals surface area contributed by atoms with E-state index in [1.165, 1.54) is 32.1 Å². The van der Waals surface area contributed by atoms with Crippen LogP contribution in [0.15, 0.2) is 134 Å². The molecule has 0 saturated carbocycles. The molecule has 61 heavy (non-hydrogen) atoms. The molecule has 0 rings (SSSR count). The number of rotatable bonds is 40. The summed E-state index contributed by atoms with van der Waals surface area (Å²) in [6, 6.07) is 0. The van der Waals surface area contributed by atoms with Gasteiger partial charge in [0.05, 0.1) is 0 Å². The first kappa shape index (κ1) is 56.5. The van der Waals surface area contributed by atoms with E-state index in [-0.39, 0.29) is 44.0 Å². The summed E-state index contributed by atoms with van der Waals surface area (Å²) in [6.45, 7) is 6.23. The first-order valence-corrected chi connectivity index (χ1v) is 23.8. The zero-order valence-corrected chi connectivity index (χ0v) is 38.6. The number of carbonyl (C=O) groups excluding carboxylic acids is 3. The maximum Gasteiger partial charge on any atom is 0.306 e. The maximum absolute atomic E-state index is 12.7. The highest BCUT2D eigenvalue weighted by Gasteiger charge is 2.19. The molecule has 6 heteroatoms. The van der Waals surface area contributed by atoms with Crippen LogP contribution in [-0.2, 0) is 28.6 Å². The number of esters is 3. The largest absolute Gasteiger partial charge is 0.462 e. The molecule has 340 valence electrons. The van der Waals surface area contributed by atoms with E-state index in [4.69, 9.17) is 14.2 Å². The van der Waals surface area contributed by atoms with Gasteiger partial charge in [-0.25, -0.2) is 0 Å². The highest BCUT2D eigenvalue weighted by molar-refractivity contribution is 5.71. The lowest BCUT2D eigenvalue weighted by Crippen LogP contribution is -2.30. The van der Waals surface area contributed by atoms with Crippen molar-refractivity contribution in [3.05, 3.63) is 134 Å². The molecule has 0 saturated heterocycles. The van der Waals surface area contributed by atoms with Crippen LogP contribution in [0.2, 0.25) is 0 Å². The van der Waals surface area contributed by atoms with Gasteiger partial charge in [-0.2, -0.15) is 0 Å². The van der Waals surface area contributed by atoms with E-state index in [9.17, 15) is 14.4 Å². The van der Waals surface area contributed by atoms with Gasteiger partial charge in [0.25, 0.3) is 0 Å². The molecule has 0 spiro atoms. The third kappa shape index (κ3) is 46.5. The molecule has 0 aliphatic heterocycles. The Bertz CT molecular complexity index is 1380. The quantitative estimate of drug-likeness (QED) is 0.0201. The van der Waals surface area contributed by atoms with E-state index in [0.29, 0.717) is 19.3 Å². The number of unbranched alkanes of at least 4 members (excludes halogenated alkanes) is 13. The summed E-state index contributed by atoms with van der Waals surface area (Å²) in [6.07, 6.45) is 67.2. The van der Waals surface area contributed by atoms with E-state index in [1.54, 1.807) is 0 Å². The molecule has 0 heterocycles. The zero-order valence-electron chi connectivity index (χ0n) is 38.6. The van der Waals surface area contributed by atoms with Gasteiger partial charge < -0.3 is 14.2 Å². The number of carbonyl (C=O) groups is 3. The molecule has 0 aromatic carbocycles. The van der Waals surface area contributed by atoms with Crippen LogP contribution in [0.3, 0.4) is 0 Å². The van der Waals surface area contributed by atoms with Crippen LogP contribution < -0.4 is 0 Å². The lowest BCUT2D eigenvalue weighted by Gasteiger charge is -2.18. The summed E-state index contributed by atoms with van der Waals surface area (Å²) < 4.78 is 16.6. The Balaban J connectivity index is 4.57. The Kier molecular flexibility index (Phi) is 44.7. The summed E-state index contributed by atoms with van der Waals surface area (Å²) in [5, 5.41) is 0. The van der Waals surface area contributed by atoms with Gasteiger partial charge in [-0.3, -0.25) is 14.4 Å². The van der Waals surface area contributed by atoms with Crippen LogP contribution in [0.1, 0.15) is 175 Å². The normalized spacial score (nSPS) is 13.3. The Morgan fingerprint density at radius 1 is 0.361 bits per heavy atom. The average Bonchev–Trinajstić information content (AvgIpc) is 3.26. The monoisotopic (exact) mass is 841 g/mol. The third-order valence-corrected chi connectivity index (χ3v) is 9.31. The predicted molar refractivity (Wildman–Crippen MR) is 260 cm³/mol. The topological polar surface area (TPSA) is 78.9 Å². The Morgan fingerprint density at radius 3 is 1.26 bits per heavy atom. The molecule has 1 unspecified atom stereocenters. The van der Waals surface area contributed by atoms with Crippen molar-refractivity contribution in [1.29, 1.82) is 0 Å². The molecule has 0 bridgehead atoms. The second-order valence-corrected chi connectivity index (χ2v) is 15.1. The van der Waals surface area contributed by atoms with Crippen LogP contribution in [-0.4, -0.2) is 37.2 Å². The molecule has 0 fully saturated rings. The van der Waals surface area contributed by atoms with Crippen molar-refractivity contribution in [2.24, 2.45) is 0 Å². The van der Waals surface area contributed by atoms with E-state index >= 15 is 0 Å². The fourth-order valence-electron chi connectivity index (χ4n) is 5.78. The van der Waals surface area contributed by atoms with Crippen LogP contribution in [0.25, 0.3) is 0 Å². The summed E-state index contributed by atoms with van der Waals surface area (Å²) in [4.78, 5) is 37.8. The van der Waals surface area contributed by atoms with E-state index in [0.717, 1.165) is 89.9 Å². The highest BCUT2D eigenvalue weighted by Crippen LogP contribution is 2.11. The van der Waals surface area contributed by atoms with Gasteiger partial charge in [-0.1, -0.05) is 193 Å². The SMILES string of the molecule is CC\C=C/C=C\C=C/C=C\C=C\C=C/C=C\CCCCCC(=O)OCC(COC(=O)CCCCCCC/C=C\CCCCC)OC(=O)CCCC/C=C\C/C=C\C/C=C\CC. The highest BCUT2D eigenvalue weighted by atomic mass is 16.6. The molecule has 0 aromatic rings. The van der Waals surface area contributed by atoms with Crippen molar-refractivity contribution in [3.8, 4) is 0 Å². The Hall–Kier alpha value is -4.45. The molecule has 0 amide bonds. The molecule has 6 nitrogen and oxygen atoms in total. The lowest BCUT2D eigenvalue weighted by atomic mass is 10.1. The van der Waals surface area contributed by atoms with E-state index in [1.807, 2.05) is 72.9 Å². The second kappa shape index (κ2) is 48.2. The van der Waals surface area contributed by atoms with Gasteiger partial charge in [0.2, 0.25) is 0 Å². The number of hydrogen-bond acceptors (Lipinski definition) is 6. The molecular weight excluding hydrogens is 757 g/mol. The van der Waals surface area contributed by atoms with Crippen LogP contribution in [0.4, 0.5) is 0 Å². The summed E-state index contributed by atoms with van der Waals surface area (Å²) in [7, 11) is 0. The Morgan fingerprint density at radius 2 is 0.721 bits per heavy atom. The summed E-state index contributed by atoms with van der Waals surface area (Å²) in [5.74, 6) is -1.03. The molecule has 0 N–H and O–H groups in total. The standard InChI is InChI=1S/C55H84O6/c1-4-7-10-13-16-19-22-25-26-27-28-29-30-31-34-36-39-42-45-48-54(57)60-51-52(61-55(58)49-46-43-40-37-33-24-21-18-15-12-9-6-3)50-59-53(56)47-44-41-38-35-32-23-20-17-14-11-8-5-2/h7,9-10,12-13,16-22,25-31,33-34,37,52H,4-6,8,11,14-15,23-24,32,35-36,38-51H2,1-3H3/b10-7-,12-9-,16-13-,20-17-,21-18-,22-19-,26-25-,28-27+,30-29-,34-31-,37-33-. The van der Waals surface area contributed by atoms with Crippen LogP contribution in [0.5, 0.6) is 0 Å². The minimum Gasteiger partial charge on any atom is -0.462 e. The van der Waals surface area contributed by atoms with Gasteiger partial charge in [-0.15, -0.1) is 0 Å². The summed E-state index contributed by atoms with van der Waals surface area (Å²) in [5.41, 5.74) is 0. The number of allylic oxidation sites excluding steroid dienone is 22. The average molecular weight is 841 g/mol. The van der Waals surface area contributed by atoms with E-state index in [2.05, 4.69) is 81.5 Å². The summed E-state index contributed by atoms with van der Waals surface area (Å²) >= 11 is 0. The molecule has 0 aromatic heterocycles. The number of hydrogen-bond donors (Lipinski definition) is 0. The minimum absolute atomic E-state index is 0.118.